The van der Waals surface area contributed by atoms with Crippen LogP contribution in [-0.2, 0) is 44.3 Å². The predicted octanol–water partition coefficient (Wildman–Crippen LogP) is -0.795. The average molecular weight is 423 g/mol. The molecule has 6 N–H and O–H groups in total. The maximum absolute atomic E-state index is 12.6. The van der Waals surface area contributed by atoms with Gasteiger partial charge in [-0.2, -0.15) is 0 Å². The van der Waals surface area contributed by atoms with Crippen LogP contribution in [0.25, 0.3) is 0 Å². The largest absolute Gasteiger partial charge is 0.480 e. The first kappa shape index (κ1) is 22.4. The van der Waals surface area contributed by atoms with E-state index in [0.29, 0.717) is 5.69 Å². The van der Waals surface area contributed by atoms with Gasteiger partial charge in [0.05, 0.1) is 18.6 Å². The second kappa shape index (κ2) is 11.1. The van der Waals surface area contributed by atoms with Gasteiger partial charge < -0.3 is 26.5 Å². The van der Waals surface area contributed by atoms with E-state index in [-0.39, 0.29) is 36.5 Å². The van der Waals surface area contributed by atoms with E-state index in [0.717, 1.165) is 5.56 Å². The summed E-state index contributed by atoms with van der Waals surface area (Å²) in [5, 5.41) is 14.4. The monoisotopic (exact) mass is 422 g/mol. The number of hydrogen-bond acceptors (Lipinski definition) is 5. The first-order valence-corrected chi connectivity index (χ1v) is 8.03. The summed E-state index contributed by atoms with van der Waals surface area (Å²) in [4.78, 5) is 42.5. The number of carbonyl (C=O) groups excluding carboxylic acids is 2. The number of aromatic amines is 1. The molecule has 2 amide bonds. The summed E-state index contributed by atoms with van der Waals surface area (Å²) in [6.45, 7) is -0.281. The summed E-state index contributed by atoms with van der Waals surface area (Å²) >= 11 is 0. The fourth-order valence-corrected chi connectivity index (χ4v) is 2.40. The van der Waals surface area contributed by atoms with Gasteiger partial charge in [-0.25, -0.2) is 9.78 Å². The summed E-state index contributed by atoms with van der Waals surface area (Å²) in [7, 11) is 0. The van der Waals surface area contributed by atoms with Crippen molar-refractivity contribution in [2.24, 2.45) is 5.73 Å². The molecule has 27 heavy (non-hydrogen) atoms. The zero-order valence-electron chi connectivity index (χ0n) is 14.3. The molecule has 2 rings (SSSR count). The van der Waals surface area contributed by atoms with E-state index in [1.807, 2.05) is 6.07 Å². The van der Waals surface area contributed by atoms with Gasteiger partial charge in [-0.1, -0.05) is 30.3 Å². The van der Waals surface area contributed by atoms with Crippen LogP contribution >= 0.6 is 0 Å². The summed E-state index contributed by atoms with van der Waals surface area (Å²) in [6.07, 6.45) is 3.28. The number of carboxylic acids is 1. The molecular formula is C17H21CuN5O4. The molecule has 1 radical (unpaired) electrons. The molecule has 0 saturated heterocycles. The van der Waals surface area contributed by atoms with Gasteiger partial charge in [0, 0.05) is 36.1 Å². The molecule has 0 bridgehead atoms. The van der Waals surface area contributed by atoms with Crippen LogP contribution in [0.4, 0.5) is 0 Å². The van der Waals surface area contributed by atoms with Gasteiger partial charge in [0.25, 0.3) is 0 Å². The Morgan fingerprint density at radius 2 is 1.81 bits per heavy atom. The number of aliphatic carboxylic acids is 1. The van der Waals surface area contributed by atoms with Crippen LogP contribution in [0.1, 0.15) is 11.3 Å². The average Bonchev–Trinajstić information content (AvgIpc) is 3.14. The Hall–Kier alpha value is -2.68. The van der Waals surface area contributed by atoms with Crippen LogP contribution in [-0.4, -0.2) is 51.5 Å². The van der Waals surface area contributed by atoms with Crippen molar-refractivity contribution in [3.63, 3.8) is 0 Å². The molecule has 2 unspecified atom stereocenters. The van der Waals surface area contributed by atoms with Gasteiger partial charge in [-0.3, -0.25) is 9.59 Å². The van der Waals surface area contributed by atoms with Gasteiger partial charge in [0.15, 0.2) is 0 Å². The van der Waals surface area contributed by atoms with E-state index in [9.17, 15) is 19.5 Å². The smallest absolute Gasteiger partial charge is 0.326 e. The van der Waals surface area contributed by atoms with Gasteiger partial charge in [0.1, 0.15) is 12.1 Å². The minimum Gasteiger partial charge on any atom is -0.480 e. The predicted molar refractivity (Wildman–Crippen MR) is 93.0 cm³/mol. The quantitative estimate of drug-likeness (QED) is 0.334. The van der Waals surface area contributed by atoms with Gasteiger partial charge in [-0.05, 0) is 5.56 Å². The number of carboxylic acid groups (broad SMARTS) is 1. The number of nitrogens with two attached hydrogens (primary N) is 1. The summed E-state index contributed by atoms with van der Waals surface area (Å²) in [6, 6.07) is 6.85. The SMILES string of the molecule is NCC(=O)NC(Cc1c[nH]cn1)C(=O)NC(Cc1ccccc1)C(=O)O.[Cu]. The second-order valence-electron chi connectivity index (χ2n) is 5.68. The topological polar surface area (TPSA) is 150 Å². The molecule has 0 spiro atoms. The van der Waals surface area contributed by atoms with E-state index in [4.69, 9.17) is 5.73 Å². The number of amides is 2. The van der Waals surface area contributed by atoms with Crippen molar-refractivity contribution in [2.45, 2.75) is 24.9 Å². The van der Waals surface area contributed by atoms with Crippen LogP contribution in [0.15, 0.2) is 42.9 Å². The second-order valence-corrected chi connectivity index (χ2v) is 5.68. The van der Waals surface area contributed by atoms with Crippen molar-refractivity contribution in [3.8, 4) is 0 Å². The Morgan fingerprint density at radius 3 is 2.37 bits per heavy atom. The van der Waals surface area contributed by atoms with Crippen LogP contribution in [0, 0.1) is 0 Å². The molecule has 0 fully saturated rings. The summed E-state index contributed by atoms with van der Waals surface area (Å²) in [5.74, 6) is -2.29. The molecule has 2 atom stereocenters. The van der Waals surface area contributed by atoms with Crippen molar-refractivity contribution in [2.75, 3.05) is 6.54 Å². The normalized spacial score (nSPS) is 12.3. The van der Waals surface area contributed by atoms with E-state index in [2.05, 4.69) is 20.6 Å². The molecule has 10 heteroatoms. The van der Waals surface area contributed by atoms with E-state index >= 15 is 0 Å². The number of aromatic nitrogens is 2. The molecule has 1 aromatic carbocycles. The molecule has 2 aromatic rings. The van der Waals surface area contributed by atoms with Gasteiger partial charge in [0.2, 0.25) is 11.8 Å². The summed E-state index contributed by atoms with van der Waals surface area (Å²) in [5.41, 5.74) is 6.61. The number of nitrogens with zero attached hydrogens (tertiary/aromatic N) is 1. The van der Waals surface area contributed by atoms with Crippen molar-refractivity contribution < 1.29 is 36.6 Å². The molecule has 149 valence electrons. The Balaban J connectivity index is 0.00000364. The van der Waals surface area contributed by atoms with Crippen LogP contribution in [0.2, 0.25) is 0 Å². The zero-order chi connectivity index (χ0) is 18.9. The molecule has 9 nitrogen and oxygen atoms in total. The van der Waals surface area contributed by atoms with Gasteiger partial charge >= 0.3 is 5.97 Å². The van der Waals surface area contributed by atoms with Crippen LogP contribution in [0.3, 0.4) is 0 Å². The van der Waals surface area contributed by atoms with Crippen molar-refractivity contribution in [3.05, 3.63) is 54.1 Å². The fourth-order valence-electron chi connectivity index (χ4n) is 2.40. The zero-order valence-corrected chi connectivity index (χ0v) is 15.3. The van der Waals surface area contributed by atoms with Crippen molar-refractivity contribution in [1.29, 1.82) is 0 Å². The number of H-pyrrole nitrogens is 1. The van der Waals surface area contributed by atoms with E-state index < -0.39 is 29.9 Å². The standard InChI is InChI=1S/C17H21N5O4.Cu/c18-8-15(23)21-13(7-12-9-19-10-20-12)16(24)22-14(17(25)26)6-11-4-2-1-3-5-11;/h1-5,9-10,13-14H,6-8,18H2,(H,19,20)(H,21,23)(H,22,24)(H,25,26);. The third-order valence-corrected chi connectivity index (χ3v) is 3.70. The van der Waals surface area contributed by atoms with Crippen LogP contribution in [0.5, 0.6) is 0 Å². The van der Waals surface area contributed by atoms with E-state index in [1.54, 1.807) is 30.5 Å². The fraction of sp³-hybridized carbons (Fsp3) is 0.294. The Labute approximate surface area is 166 Å². The molecule has 0 aliphatic carbocycles. The van der Waals surface area contributed by atoms with Crippen molar-refractivity contribution in [1.82, 2.24) is 20.6 Å². The minimum absolute atomic E-state index is 0. The Kier molecular flexibility index (Phi) is 9.21. The maximum atomic E-state index is 12.6. The first-order chi connectivity index (χ1) is 12.5. The third-order valence-electron chi connectivity index (χ3n) is 3.70. The Morgan fingerprint density at radius 1 is 1.11 bits per heavy atom. The minimum atomic E-state index is -1.16. The number of nitrogens with one attached hydrogen (secondary N) is 3. The summed E-state index contributed by atoms with van der Waals surface area (Å²) < 4.78 is 0. The molecule has 0 aliphatic rings. The van der Waals surface area contributed by atoms with Gasteiger partial charge in [-0.15, -0.1) is 0 Å². The number of carbonyl (C=O) groups is 3. The van der Waals surface area contributed by atoms with Crippen LogP contribution < -0.4 is 16.4 Å². The Bertz CT molecular complexity index is 739. The molecule has 1 aromatic heterocycles. The molecule has 1 heterocycles. The molecular weight excluding hydrogens is 402 g/mol. The maximum Gasteiger partial charge on any atom is 0.326 e. The van der Waals surface area contributed by atoms with Crippen molar-refractivity contribution >= 4 is 17.8 Å². The third kappa shape index (κ3) is 7.22. The molecule has 0 saturated carbocycles. The number of hydrogen-bond donors (Lipinski definition) is 5. The molecule has 0 aliphatic heterocycles. The number of rotatable bonds is 9. The first-order valence-electron chi connectivity index (χ1n) is 8.03. The number of imidazole rings is 1. The van der Waals surface area contributed by atoms with E-state index in [1.165, 1.54) is 6.33 Å². The number of benzene rings is 1.